The third-order valence-electron chi connectivity index (χ3n) is 5.87. The topological polar surface area (TPSA) is 33.2 Å². The van der Waals surface area contributed by atoms with Gasteiger partial charge in [0, 0.05) is 24.9 Å². The van der Waals surface area contributed by atoms with Crippen LogP contribution in [-0.2, 0) is 4.79 Å². The Kier molecular flexibility index (Phi) is 4.20. The number of carbonyl (C=O) groups is 1. The lowest BCUT2D eigenvalue weighted by Gasteiger charge is -2.31. The van der Waals surface area contributed by atoms with Crippen LogP contribution < -0.4 is 0 Å². The van der Waals surface area contributed by atoms with E-state index in [9.17, 15) is 9.18 Å². The molecule has 138 valence electrons. The van der Waals surface area contributed by atoms with Crippen LogP contribution in [0.1, 0.15) is 41.7 Å². The van der Waals surface area contributed by atoms with Gasteiger partial charge in [0.2, 0.25) is 5.91 Å². The lowest BCUT2D eigenvalue weighted by molar-refractivity contribution is -0.133. The number of carbonyl (C=O) groups excluding carboxylic acids is 1. The fourth-order valence-electron chi connectivity index (χ4n) is 4.19. The number of rotatable bonds is 3. The molecule has 2 aromatic carbocycles. The third kappa shape index (κ3) is 3.25. The van der Waals surface area contributed by atoms with Crippen LogP contribution in [0, 0.1) is 11.7 Å². The first-order valence-electron chi connectivity index (χ1n) is 9.59. The summed E-state index contributed by atoms with van der Waals surface area (Å²) in [6.45, 7) is 1.62. The van der Waals surface area contributed by atoms with E-state index in [1.807, 2.05) is 23.1 Å². The number of para-hydroxylation sites is 1. The van der Waals surface area contributed by atoms with E-state index in [2.05, 4.69) is 18.2 Å². The molecule has 3 nitrogen and oxygen atoms in total. The summed E-state index contributed by atoms with van der Waals surface area (Å²) in [5, 5.41) is 1.21. The number of likely N-dealkylation sites (tertiary alicyclic amines) is 1. The van der Waals surface area contributed by atoms with Gasteiger partial charge in [0.05, 0.1) is 15.2 Å². The van der Waals surface area contributed by atoms with E-state index >= 15 is 0 Å². The smallest absolute Gasteiger partial charge is 0.226 e. The van der Waals surface area contributed by atoms with Crippen molar-refractivity contribution in [2.75, 3.05) is 13.1 Å². The molecule has 1 saturated carbocycles. The minimum Gasteiger partial charge on any atom is -0.342 e. The molecule has 1 aliphatic heterocycles. The third-order valence-corrected chi connectivity index (χ3v) is 7.07. The van der Waals surface area contributed by atoms with Gasteiger partial charge in [0.1, 0.15) is 5.82 Å². The van der Waals surface area contributed by atoms with Crippen LogP contribution in [0.5, 0.6) is 0 Å². The minimum atomic E-state index is -0.223. The summed E-state index contributed by atoms with van der Waals surface area (Å²) in [4.78, 5) is 19.7. The average molecular weight is 380 g/mol. The number of aromatic nitrogens is 1. The zero-order valence-electron chi connectivity index (χ0n) is 15.0. The van der Waals surface area contributed by atoms with Crippen molar-refractivity contribution < 1.29 is 9.18 Å². The Labute approximate surface area is 161 Å². The molecule has 0 radical (unpaired) electrons. The molecule has 1 aliphatic carbocycles. The van der Waals surface area contributed by atoms with Crippen molar-refractivity contribution in [1.82, 2.24) is 9.88 Å². The molecule has 0 bridgehead atoms. The molecule has 5 heteroatoms. The molecule has 2 aliphatic rings. The Balaban J connectivity index is 1.20. The van der Waals surface area contributed by atoms with Gasteiger partial charge >= 0.3 is 0 Å². The Bertz CT molecular complexity index is 942. The normalized spacial score (nSPS) is 22.9. The second-order valence-electron chi connectivity index (χ2n) is 7.62. The fourth-order valence-corrected chi connectivity index (χ4v) is 5.33. The lowest BCUT2D eigenvalue weighted by Crippen LogP contribution is -2.39. The van der Waals surface area contributed by atoms with Gasteiger partial charge in [-0.25, -0.2) is 9.37 Å². The van der Waals surface area contributed by atoms with Crippen LogP contribution in [0.4, 0.5) is 4.39 Å². The molecule has 0 N–H and O–H groups in total. The summed E-state index contributed by atoms with van der Waals surface area (Å²) in [6, 6.07) is 14.9. The lowest BCUT2D eigenvalue weighted by atomic mass is 9.97. The second kappa shape index (κ2) is 6.71. The van der Waals surface area contributed by atoms with E-state index in [0.717, 1.165) is 43.4 Å². The molecule has 2 heterocycles. The highest BCUT2D eigenvalue weighted by molar-refractivity contribution is 7.18. The SMILES string of the molecule is O=C(C1CC1c1ccc(F)cc1)N1CCC(c2nc3ccccc3s2)CC1. The number of halogens is 1. The van der Waals surface area contributed by atoms with Gasteiger partial charge in [0.15, 0.2) is 0 Å². The van der Waals surface area contributed by atoms with Gasteiger partial charge in [-0.15, -0.1) is 11.3 Å². The highest BCUT2D eigenvalue weighted by atomic mass is 32.1. The maximum atomic E-state index is 13.1. The molecule has 2 unspecified atom stereocenters. The fraction of sp³-hybridized carbons (Fsp3) is 0.364. The van der Waals surface area contributed by atoms with Crippen LogP contribution in [0.15, 0.2) is 48.5 Å². The zero-order chi connectivity index (χ0) is 18.4. The molecule has 0 spiro atoms. The van der Waals surface area contributed by atoms with E-state index in [-0.39, 0.29) is 23.6 Å². The van der Waals surface area contributed by atoms with E-state index in [1.165, 1.54) is 21.8 Å². The highest BCUT2D eigenvalue weighted by Gasteiger charge is 2.46. The summed E-state index contributed by atoms with van der Waals surface area (Å²) < 4.78 is 14.3. The predicted molar refractivity (Wildman–Crippen MR) is 105 cm³/mol. The van der Waals surface area contributed by atoms with Gasteiger partial charge in [-0.2, -0.15) is 0 Å². The number of piperidine rings is 1. The van der Waals surface area contributed by atoms with Gasteiger partial charge in [-0.1, -0.05) is 24.3 Å². The van der Waals surface area contributed by atoms with Gasteiger partial charge in [-0.05, 0) is 55.0 Å². The van der Waals surface area contributed by atoms with E-state index in [0.29, 0.717) is 5.92 Å². The largest absolute Gasteiger partial charge is 0.342 e. The summed E-state index contributed by atoms with van der Waals surface area (Å²) >= 11 is 1.79. The Morgan fingerprint density at radius 1 is 1.07 bits per heavy atom. The number of amides is 1. The Morgan fingerprint density at radius 3 is 2.56 bits per heavy atom. The van der Waals surface area contributed by atoms with E-state index in [1.54, 1.807) is 11.3 Å². The van der Waals surface area contributed by atoms with Crippen LogP contribution in [0.3, 0.4) is 0 Å². The zero-order valence-corrected chi connectivity index (χ0v) is 15.8. The van der Waals surface area contributed by atoms with Crippen molar-refractivity contribution >= 4 is 27.5 Å². The molecule has 1 aromatic heterocycles. The number of nitrogens with zero attached hydrogens (tertiary/aromatic N) is 2. The first-order valence-corrected chi connectivity index (χ1v) is 10.4. The maximum absolute atomic E-state index is 13.1. The van der Waals surface area contributed by atoms with Crippen molar-refractivity contribution in [3.05, 3.63) is 64.9 Å². The molecule has 2 fully saturated rings. The summed E-state index contributed by atoms with van der Waals surface area (Å²) in [6.07, 6.45) is 2.86. The van der Waals surface area contributed by atoms with Crippen LogP contribution >= 0.6 is 11.3 Å². The predicted octanol–water partition coefficient (Wildman–Crippen LogP) is 4.95. The average Bonchev–Trinajstić information content (AvgIpc) is 3.38. The molecule has 3 aromatic rings. The monoisotopic (exact) mass is 380 g/mol. The highest BCUT2D eigenvalue weighted by Crippen LogP contribution is 2.49. The standard InChI is InChI=1S/C22H21FN2OS/c23-16-7-5-14(6-8-16)17-13-18(17)22(26)25-11-9-15(10-12-25)21-24-19-3-1-2-4-20(19)27-21/h1-8,15,17-18H,9-13H2. The van der Waals surface area contributed by atoms with Crippen molar-refractivity contribution in [3.63, 3.8) is 0 Å². The van der Waals surface area contributed by atoms with Gasteiger partial charge in [-0.3, -0.25) is 4.79 Å². The number of hydrogen-bond donors (Lipinski definition) is 0. The molecular formula is C22H21FN2OS. The number of benzene rings is 2. The van der Waals surface area contributed by atoms with Crippen molar-refractivity contribution in [2.24, 2.45) is 5.92 Å². The summed E-state index contributed by atoms with van der Waals surface area (Å²) in [7, 11) is 0. The van der Waals surface area contributed by atoms with Gasteiger partial charge in [0.25, 0.3) is 0 Å². The molecule has 1 saturated heterocycles. The van der Waals surface area contributed by atoms with Crippen molar-refractivity contribution in [1.29, 1.82) is 0 Å². The van der Waals surface area contributed by atoms with Crippen LogP contribution in [0.2, 0.25) is 0 Å². The minimum absolute atomic E-state index is 0.0782. The first-order chi connectivity index (χ1) is 13.2. The maximum Gasteiger partial charge on any atom is 0.226 e. The molecule has 1 amide bonds. The molecule has 2 atom stereocenters. The van der Waals surface area contributed by atoms with Crippen molar-refractivity contribution in [2.45, 2.75) is 31.1 Å². The number of thiazole rings is 1. The summed E-state index contributed by atoms with van der Waals surface area (Å²) in [5.74, 6) is 0.847. The van der Waals surface area contributed by atoms with E-state index in [4.69, 9.17) is 4.98 Å². The second-order valence-corrected chi connectivity index (χ2v) is 8.68. The van der Waals surface area contributed by atoms with Crippen LogP contribution in [-0.4, -0.2) is 28.9 Å². The van der Waals surface area contributed by atoms with E-state index < -0.39 is 0 Å². The summed E-state index contributed by atoms with van der Waals surface area (Å²) in [5.41, 5.74) is 2.16. The van der Waals surface area contributed by atoms with Gasteiger partial charge < -0.3 is 4.90 Å². The van der Waals surface area contributed by atoms with Crippen molar-refractivity contribution in [3.8, 4) is 0 Å². The number of fused-ring (bicyclic) bond motifs is 1. The first kappa shape index (κ1) is 16.9. The molecule has 5 rings (SSSR count). The Morgan fingerprint density at radius 2 is 1.81 bits per heavy atom. The molecular weight excluding hydrogens is 359 g/mol. The Hall–Kier alpha value is -2.27. The molecule has 27 heavy (non-hydrogen) atoms. The van der Waals surface area contributed by atoms with Crippen LogP contribution in [0.25, 0.3) is 10.2 Å². The quantitative estimate of drug-likeness (QED) is 0.644. The number of hydrogen-bond acceptors (Lipinski definition) is 3.